The van der Waals surface area contributed by atoms with Crippen LogP contribution in [0.5, 0.6) is 0 Å². The molecule has 42 valence electrons. The van der Waals surface area contributed by atoms with Crippen molar-refractivity contribution >= 4 is 9.24 Å². The molecule has 7 heavy (non-hydrogen) atoms. The van der Waals surface area contributed by atoms with Crippen LogP contribution in [0.4, 0.5) is 0 Å². The molecule has 0 radical (unpaired) electrons. The van der Waals surface area contributed by atoms with Gasteiger partial charge in [0.25, 0.3) is 0 Å². The van der Waals surface area contributed by atoms with Crippen molar-refractivity contribution in [2.45, 2.75) is 25.0 Å². The maximum Gasteiger partial charge on any atom is 0.0139 e. The fourth-order valence-corrected chi connectivity index (χ4v) is 1.09. The standard InChI is InChI=1S/C5H12NP/c1-4(7)5-2-3-6-5/h4-6H,2-3,7H2,1H3/t4-,5?/m0/s1. The van der Waals surface area contributed by atoms with Gasteiger partial charge in [-0.25, -0.2) is 0 Å². The Morgan fingerprint density at radius 1 is 1.86 bits per heavy atom. The molecular weight excluding hydrogens is 105 g/mol. The highest BCUT2D eigenvalue weighted by Crippen LogP contribution is 2.13. The predicted molar refractivity (Wildman–Crippen MR) is 35.6 cm³/mol. The van der Waals surface area contributed by atoms with Gasteiger partial charge in [0, 0.05) is 6.04 Å². The van der Waals surface area contributed by atoms with Crippen LogP contribution in [0.25, 0.3) is 0 Å². The van der Waals surface area contributed by atoms with Crippen LogP contribution in [-0.2, 0) is 0 Å². The molecule has 0 aromatic rings. The average Bonchev–Trinajstić information content (AvgIpc) is 1.23. The van der Waals surface area contributed by atoms with E-state index in [0.29, 0.717) is 0 Å². The van der Waals surface area contributed by atoms with Crippen molar-refractivity contribution in [3.8, 4) is 0 Å². The molecule has 1 aliphatic rings. The Bertz CT molecular complexity index is 59.1. The maximum absolute atomic E-state index is 3.32. The minimum Gasteiger partial charge on any atom is -0.313 e. The first-order valence-electron chi connectivity index (χ1n) is 2.79. The largest absolute Gasteiger partial charge is 0.313 e. The van der Waals surface area contributed by atoms with Gasteiger partial charge in [-0.1, -0.05) is 6.92 Å². The van der Waals surface area contributed by atoms with Crippen LogP contribution in [0.3, 0.4) is 0 Å². The Morgan fingerprint density at radius 2 is 2.43 bits per heavy atom. The fraction of sp³-hybridized carbons (Fsp3) is 1.00. The molecule has 1 fully saturated rings. The smallest absolute Gasteiger partial charge is 0.0139 e. The summed E-state index contributed by atoms with van der Waals surface area (Å²) in [5.74, 6) is 0. The molecule has 1 N–H and O–H groups in total. The molecule has 1 saturated heterocycles. The van der Waals surface area contributed by atoms with Gasteiger partial charge in [-0.2, -0.15) is 0 Å². The van der Waals surface area contributed by atoms with Gasteiger partial charge in [-0.3, -0.25) is 0 Å². The molecule has 0 aromatic carbocycles. The lowest BCUT2D eigenvalue weighted by Crippen LogP contribution is -2.47. The van der Waals surface area contributed by atoms with E-state index in [4.69, 9.17) is 0 Å². The molecule has 3 atom stereocenters. The zero-order chi connectivity index (χ0) is 5.28. The number of rotatable bonds is 1. The molecule has 0 saturated carbocycles. The van der Waals surface area contributed by atoms with Crippen LogP contribution in [0, 0.1) is 0 Å². The third kappa shape index (κ3) is 1.14. The Kier molecular flexibility index (Phi) is 1.66. The van der Waals surface area contributed by atoms with E-state index in [1.807, 2.05) is 0 Å². The van der Waals surface area contributed by atoms with Gasteiger partial charge in [0.05, 0.1) is 0 Å². The quantitative estimate of drug-likeness (QED) is 0.496. The van der Waals surface area contributed by atoms with Crippen molar-refractivity contribution < 1.29 is 0 Å². The molecule has 0 amide bonds. The first-order valence-corrected chi connectivity index (χ1v) is 3.46. The second kappa shape index (κ2) is 2.11. The summed E-state index contributed by atoms with van der Waals surface area (Å²) in [6.45, 7) is 3.45. The molecule has 0 bridgehead atoms. The van der Waals surface area contributed by atoms with Crippen LogP contribution in [0.2, 0.25) is 0 Å². The summed E-state index contributed by atoms with van der Waals surface area (Å²) in [4.78, 5) is 0. The molecular formula is C5H12NP. The van der Waals surface area contributed by atoms with Crippen molar-refractivity contribution in [1.82, 2.24) is 5.32 Å². The molecule has 1 aliphatic heterocycles. The van der Waals surface area contributed by atoms with Crippen LogP contribution in [-0.4, -0.2) is 18.2 Å². The van der Waals surface area contributed by atoms with E-state index in [9.17, 15) is 0 Å². The Labute approximate surface area is 47.1 Å². The first-order chi connectivity index (χ1) is 3.30. The highest BCUT2D eigenvalue weighted by molar-refractivity contribution is 7.17. The normalized spacial score (nSPS) is 34.3. The van der Waals surface area contributed by atoms with E-state index < -0.39 is 0 Å². The zero-order valence-electron chi connectivity index (χ0n) is 4.65. The highest BCUT2D eigenvalue weighted by atomic mass is 31.0. The predicted octanol–water partition coefficient (Wildman–Crippen LogP) is 0.612. The number of nitrogens with one attached hydrogen (secondary N) is 1. The highest BCUT2D eigenvalue weighted by Gasteiger charge is 2.18. The molecule has 0 spiro atoms. The van der Waals surface area contributed by atoms with Crippen molar-refractivity contribution in [1.29, 1.82) is 0 Å². The Balaban J connectivity index is 2.14. The maximum atomic E-state index is 3.32. The van der Waals surface area contributed by atoms with Crippen molar-refractivity contribution in [2.24, 2.45) is 0 Å². The molecule has 1 heterocycles. The monoisotopic (exact) mass is 117 g/mol. The summed E-state index contributed by atoms with van der Waals surface area (Å²) in [6, 6.07) is 0.796. The van der Waals surface area contributed by atoms with Crippen molar-refractivity contribution in [3.05, 3.63) is 0 Å². The molecule has 0 aliphatic carbocycles. The van der Waals surface area contributed by atoms with E-state index in [0.717, 1.165) is 11.7 Å². The molecule has 0 aromatic heterocycles. The zero-order valence-corrected chi connectivity index (χ0v) is 5.80. The summed E-state index contributed by atoms with van der Waals surface area (Å²) in [7, 11) is 2.81. The van der Waals surface area contributed by atoms with Crippen molar-refractivity contribution in [2.75, 3.05) is 6.54 Å². The summed E-state index contributed by atoms with van der Waals surface area (Å²) in [5.41, 5.74) is 0.758. The topological polar surface area (TPSA) is 12.0 Å². The summed E-state index contributed by atoms with van der Waals surface area (Å²) < 4.78 is 0. The fourth-order valence-electron chi connectivity index (χ4n) is 0.760. The van der Waals surface area contributed by atoms with Crippen LogP contribution < -0.4 is 5.32 Å². The third-order valence-corrected chi connectivity index (χ3v) is 1.96. The lowest BCUT2D eigenvalue weighted by molar-refractivity contribution is 0.369. The van der Waals surface area contributed by atoms with Gasteiger partial charge in [0.15, 0.2) is 0 Å². The van der Waals surface area contributed by atoms with Gasteiger partial charge in [0.1, 0.15) is 0 Å². The lowest BCUT2D eigenvalue weighted by atomic mass is 10.1. The van der Waals surface area contributed by atoms with E-state index >= 15 is 0 Å². The Morgan fingerprint density at radius 3 is 2.43 bits per heavy atom. The van der Waals surface area contributed by atoms with Gasteiger partial charge in [-0.15, -0.1) is 9.24 Å². The minimum absolute atomic E-state index is 0.758. The van der Waals surface area contributed by atoms with E-state index in [2.05, 4.69) is 21.5 Å². The average molecular weight is 117 g/mol. The third-order valence-electron chi connectivity index (χ3n) is 1.50. The Hall–Kier alpha value is 0.390. The van der Waals surface area contributed by atoms with Gasteiger partial charge in [0.2, 0.25) is 0 Å². The van der Waals surface area contributed by atoms with Crippen LogP contribution in [0.1, 0.15) is 13.3 Å². The van der Waals surface area contributed by atoms with Crippen LogP contribution in [0.15, 0.2) is 0 Å². The first kappa shape index (κ1) is 5.53. The molecule has 1 rings (SSSR count). The van der Waals surface area contributed by atoms with Gasteiger partial charge in [-0.05, 0) is 18.6 Å². The van der Waals surface area contributed by atoms with Crippen LogP contribution >= 0.6 is 9.24 Å². The van der Waals surface area contributed by atoms with E-state index in [1.165, 1.54) is 13.0 Å². The second-order valence-corrected chi connectivity index (χ2v) is 3.26. The summed E-state index contributed by atoms with van der Waals surface area (Å²) >= 11 is 0. The summed E-state index contributed by atoms with van der Waals surface area (Å²) in [6.07, 6.45) is 1.37. The SMILES string of the molecule is C[C@H](P)C1CCN1. The molecule has 1 nitrogen and oxygen atoms in total. The number of hydrogen-bond acceptors (Lipinski definition) is 1. The molecule has 2 heteroatoms. The van der Waals surface area contributed by atoms with E-state index in [-0.39, 0.29) is 0 Å². The number of hydrogen-bond donors (Lipinski definition) is 1. The molecule has 2 unspecified atom stereocenters. The van der Waals surface area contributed by atoms with E-state index in [1.54, 1.807) is 0 Å². The second-order valence-electron chi connectivity index (χ2n) is 2.21. The summed E-state index contributed by atoms with van der Waals surface area (Å²) in [5, 5.41) is 3.32. The van der Waals surface area contributed by atoms with Gasteiger partial charge >= 0.3 is 0 Å². The van der Waals surface area contributed by atoms with Crippen molar-refractivity contribution in [3.63, 3.8) is 0 Å². The minimum atomic E-state index is 0.758. The van der Waals surface area contributed by atoms with Gasteiger partial charge < -0.3 is 5.32 Å². The lowest BCUT2D eigenvalue weighted by Gasteiger charge is -2.30.